The number of epoxide rings is 1. The van der Waals surface area contributed by atoms with E-state index in [-0.39, 0.29) is 11.9 Å². The van der Waals surface area contributed by atoms with Crippen molar-refractivity contribution in [2.24, 2.45) is 5.92 Å². The van der Waals surface area contributed by atoms with Crippen LogP contribution in [0.15, 0.2) is 12.7 Å². The quantitative estimate of drug-likeness (QED) is 0.245. The van der Waals surface area contributed by atoms with Crippen LogP contribution in [0, 0.1) is 18.3 Å². The van der Waals surface area contributed by atoms with Gasteiger partial charge in [0.2, 0.25) is 0 Å². The second-order valence-electron chi connectivity index (χ2n) is 4.20. The summed E-state index contributed by atoms with van der Waals surface area (Å²) in [6.07, 6.45) is 9.56. The van der Waals surface area contributed by atoms with Crippen molar-refractivity contribution in [2.75, 3.05) is 26.4 Å². The number of carbonyl (C=O) groups excluding carboxylic acids is 1. The van der Waals surface area contributed by atoms with Crippen LogP contribution in [-0.4, -0.2) is 38.5 Å². The Morgan fingerprint density at radius 1 is 1.61 bits per heavy atom. The van der Waals surface area contributed by atoms with Gasteiger partial charge >= 0.3 is 5.97 Å². The summed E-state index contributed by atoms with van der Waals surface area (Å²) in [5, 5.41) is 0. The van der Waals surface area contributed by atoms with Crippen molar-refractivity contribution in [1.29, 1.82) is 0 Å². The number of ether oxygens (including phenoxy) is 3. The summed E-state index contributed by atoms with van der Waals surface area (Å²) in [6.45, 7) is 6.32. The zero-order valence-corrected chi connectivity index (χ0v) is 10.6. The van der Waals surface area contributed by atoms with Gasteiger partial charge in [-0.2, -0.15) is 0 Å². The van der Waals surface area contributed by atoms with Gasteiger partial charge in [0, 0.05) is 6.42 Å². The van der Waals surface area contributed by atoms with Crippen LogP contribution in [0.4, 0.5) is 0 Å². The molecule has 4 heteroatoms. The molecule has 0 N–H and O–H groups in total. The third-order valence-corrected chi connectivity index (χ3v) is 2.58. The Morgan fingerprint density at radius 3 is 2.94 bits per heavy atom. The van der Waals surface area contributed by atoms with Crippen LogP contribution >= 0.6 is 0 Å². The Balaban J connectivity index is 0.000000184. The highest BCUT2D eigenvalue weighted by Gasteiger charge is 2.22. The molecule has 0 aliphatic carbocycles. The van der Waals surface area contributed by atoms with Crippen molar-refractivity contribution in [3.8, 4) is 12.3 Å². The maximum atomic E-state index is 10.9. The molecule has 2 unspecified atom stereocenters. The Morgan fingerprint density at radius 2 is 2.39 bits per heavy atom. The van der Waals surface area contributed by atoms with Crippen molar-refractivity contribution >= 4 is 5.97 Å². The molecule has 2 heterocycles. The van der Waals surface area contributed by atoms with Crippen LogP contribution in [0.5, 0.6) is 0 Å². The maximum Gasteiger partial charge on any atom is 0.309 e. The molecule has 2 atom stereocenters. The van der Waals surface area contributed by atoms with Crippen LogP contribution in [-0.2, 0) is 19.0 Å². The molecule has 2 saturated heterocycles. The van der Waals surface area contributed by atoms with Gasteiger partial charge in [-0.05, 0) is 12.8 Å². The Labute approximate surface area is 108 Å². The van der Waals surface area contributed by atoms with Crippen LogP contribution in [0.2, 0.25) is 0 Å². The van der Waals surface area contributed by atoms with Crippen molar-refractivity contribution < 1.29 is 19.0 Å². The lowest BCUT2D eigenvalue weighted by Crippen LogP contribution is -2.23. The van der Waals surface area contributed by atoms with Crippen LogP contribution < -0.4 is 0 Å². The zero-order chi connectivity index (χ0) is 13.2. The molecular weight excluding hydrogens is 232 g/mol. The molecule has 0 saturated carbocycles. The van der Waals surface area contributed by atoms with Gasteiger partial charge in [-0.1, -0.05) is 6.08 Å². The van der Waals surface area contributed by atoms with Crippen molar-refractivity contribution in [3.63, 3.8) is 0 Å². The minimum absolute atomic E-state index is 0.0289. The first kappa shape index (κ1) is 14.7. The summed E-state index contributed by atoms with van der Waals surface area (Å²) in [6, 6.07) is 0. The first-order valence-electron chi connectivity index (χ1n) is 6.18. The number of cyclic esters (lactones) is 1. The Bertz CT molecular complexity index is 301. The lowest BCUT2D eigenvalue weighted by molar-refractivity contribution is -0.152. The van der Waals surface area contributed by atoms with E-state index in [1.165, 1.54) is 0 Å². The molecule has 0 aromatic rings. The van der Waals surface area contributed by atoms with Gasteiger partial charge < -0.3 is 14.2 Å². The van der Waals surface area contributed by atoms with Crippen LogP contribution in [0.3, 0.4) is 0 Å². The molecule has 0 bridgehead atoms. The summed E-state index contributed by atoms with van der Waals surface area (Å²) in [7, 11) is 0. The van der Waals surface area contributed by atoms with E-state index in [2.05, 4.69) is 12.5 Å². The van der Waals surface area contributed by atoms with E-state index in [1.807, 2.05) is 0 Å². The van der Waals surface area contributed by atoms with Gasteiger partial charge in [-0.25, -0.2) is 0 Å². The monoisotopic (exact) mass is 252 g/mol. The molecule has 0 amide bonds. The largest absolute Gasteiger partial charge is 0.465 e. The summed E-state index contributed by atoms with van der Waals surface area (Å²) in [5.41, 5.74) is 0. The third kappa shape index (κ3) is 6.43. The fourth-order valence-electron chi connectivity index (χ4n) is 1.51. The van der Waals surface area contributed by atoms with E-state index in [9.17, 15) is 4.79 Å². The SMILES string of the molecule is C#CCC1CCCOC1=O.C=CCOCC1CO1. The van der Waals surface area contributed by atoms with Gasteiger partial charge in [0.1, 0.15) is 6.10 Å². The molecule has 2 aliphatic heterocycles. The summed E-state index contributed by atoms with van der Waals surface area (Å²) >= 11 is 0. The normalized spacial score (nSPS) is 25.2. The molecule has 0 aromatic carbocycles. The van der Waals surface area contributed by atoms with Gasteiger partial charge in [-0.3, -0.25) is 4.79 Å². The molecule has 0 spiro atoms. The van der Waals surface area contributed by atoms with E-state index in [0.717, 1.165) is 26.1 Å². The molecule has 4 nitrogen and oxygen atoms in total. The lowest BCUT2D eigenvalue weighted by atomic mass is 9.98. The van der Waals surface area contributed by atoms with Crippen molar-refractivity contribution in [3.05, 3.63) is 12.7 Å². The zero-order valence-electron chi connectivity index (χ0n) is 10.6. The minimum Gasteiger partial charge on any atom is -0.465 e. The molecule has 2 aliphatic rings. The first-order valence-corrected chi connectivity index (χ1v) is 6.18. The van der Waals surface area contributed by atoms with Crippen molar-refractivity contribution in [1.82, 2.24) is 0 Å². The van der Waals surface area contributed by atoms with Gasteiger partial charge in [0.25, 0.3) is 0 Å². The predicted octanol–water partition coefficient (Wildman–Crippen LogP) is 1.55. The number of hydrogen-bond acceptors (Lipinski definition) is 4. The average molecular weight is 252 g/mol. The molecule has 18 heavy (non-hydrogen) atoms. The minimum atomic E-state index is -0.121. The van der Waals surface area contributed by atoms with E-state index >= 15 is 0 Å². The fraction of sp³-hybridized carbons (Fsp3) is 0.643. The maximum absolute atomic E-state index is 10.9. The van der Waals surface area contributed by atoms with Crippen LogP contribution in [0.25, 0.3) is 0 Å². The lowest BCUT2D eigenvalue weighted by Gasteiger charge is -2.18. The third-order valence-electron chi connectivity index (χ3n) is 2.58. The average Bonchev–Trinajstić information content (AvgIpc) is 3.18. The smallest absolute Gasteiger partial charge is 0.309 e. The van der Waals surface area contributed by atoms with Gasteiger partial charge in [-0.15, -0.1) is 18.9 Å². The van der Waals surface area contributed by atoms with E-state index < -0.39 is 0 Å². The molecular formula is C14H20O4. The topological polar surface area (TPSA) is 48.1 Å². The summed E-state index contributed by atoms with van der Waals surface area (Å²) in [5.74, 6) is 2.32. The highest BCUT2D eigenvalue weighted by Crippen LogP contribution is 2.17. The van der Waals surface area contributed by atoms with E-state index in [1.54, 1.807) is 6.08 Å². The molecule has 0 aromatic heterocycles. The van der Waals surface area contributed by atoms with Gasteiger partial charge in [0.15, 0.2) is 0 Å². The predicted molar refractivity (Wildman–Crippen MR) is 67.9 cm³/mol. The van der Waals surface area contributed by atoms with E-state index in [4.69, 9.17) is 20.6 Å². The molecule has 100 valence electrons. The molecule has 2 rings (SSSR count). The van der Waals surface area contributed by atoms with E-state index in [0.29, 0.717) is 25.7 Å². The van der Waals surface area contributed by atoms with Gasteiger partial charge in [0.05, 0.1) is 32.3 Å². The highest BCUT2D eigenvalue weighted by atomic mass is 16.6. The Kier molecular flexibility index (Phi) is 7.16. The number of terminal acetylenes is 1. The Hall–Kier alpha value is -1.31. The first-order chi connectivity index (χ1) is 8.77. The molecule has 2 fully saturated rings. The molecule has 0 radical (unpaired) electrons. The number of hydrogen-bond donors (Lipinski definition) is 0. The summed E-state index contributed by atoms with van der Waals surface area (Å²) in [4.78, 5) is 10.9. The fourth-order valence-corrected chi connectivity index (χ4v) is 1.51. The van der Waals surface area contributed by atoms with Crippen molar-refractivity contribution in [2.45, 2.75) is 25.4 Å². The van der Waals surface area contributed by atoms with Crippen LogP contribution in [0.1, 0.15) is 19.3 Å². The standard InChI is InChI=1S/C8H10O2.C6H10O2/c1-2-4-7-5-3-6-10-8(7)9;1-2-3-7-4-6-5-8-6/h1,7H,3-6H2;2,6H,1,3-5H2. The summed E-state index contributed by atoms with van der Waals surface area (Å²) < 4.78 is 14.8. The second kappa shape index (κ2) is 8.73. The number of carbonyl (C=O) groups is 1. The second-order valence-corrected chi connectivity index (χ2v) is 4.20. The highest BCUT2D eigenvalue weighted by molar-refractivity contribution is 5.73. The number of rotatable bonds is 5. The number of esters is 1.